The molecule has 1 N–H and O–H groups in total. The lowest BCUT2D eigenvalue weighted by atomic mass is 9.95. The summed E-state index contributed by atoms with van der Waals surface area (Å²) in [7, 11) is 1.68. The maximum atomic E-state index is 12.4. The molecule has 1 aromatic rings. The first-order valence-corrected chi connectivity index (χ1v) is 6.46. The fourth-order valence-corrected chi connectivity index (χ4v) is 2.54. The number of hydrogen-bond acceptors (Lipinski definition) is 2. The highest BCUT2D eigenvalue weighted by molar-refractivity contribution is 5.96. The van der Waals surface area contributed by atoms with Crippen LogP contribution < -0.4 is 10.2 Å². The van der Waals surface area contributed by atoms with Gasteiger partial charge in [0.1, 0.15) is 0 Å². The molecule has 2 unspecified atom stereocenters. The molecule has 0 bridgehead atoms. The van der Waals surface area contributed by atoms with Gasteiger partial charge in [0, 0.05) is 31.2 Å². The second-order valence-corrected chi connectivity index (χ2v) is 5.16. The van der Waals surface area contributed by atoms with Gasteiger partial charge in [0.05, 0.1) is 6.42 Å². The third-order valence-electron chi connectivity index (χ3n) is 3.45. The van der Waals surface area contributed by atoms with E-state index in [-0.39, 0.29) is 18.4 Å². The van der Waals surface area contributed by atoms with E-state index in [9.17, 15) is 18.0 Å². The largest absolute Gasteiger partial charge is 0.390 e. The number of alkyl halides is 3. The Labute approximate surface area is 115 Å². The zero-order valence-electron chi connectivity index (χ0n) is 11.4. The molecule has 3 nitrogen and oxygen atoms in total. The number of fused-ring (bicyclic) bond motifs is 1. The van der Waals surface area contributed by atoms with Crippen molar-refractivity contribution in [2.75, 3.05) is 11.9 Å². The number of anilines is 1. The van der Waals surface area contributed by atoms with Gasteiger partial charge in [0.15, 0.2) is 0 Å². The predicted octanol–water partition coefficient (Wildman–Crippen LogP) is 3.02. The highest BCUT2D eigenvalue weighted by Gasteiger charge is 2.34. The van der Waals surface area contributed by atoms with Crippen molar-refractivity contribution in [3.05, 3.63) is 29.8 Å². The summed E-state index contributed by atoms with van der Waals surface area (Å²) in [4.78, 5) is 13.4. The van der Waals surface area contributed by atoms with Gasteiger partial charge >= 0.3 is 6.18 Å². The molecule has 0 aliphatic carbocycles. The Morgan fingerprint density at radius 3 is 2.70 bits per heavy atom. The van der Waals surface area contributed by atoms with E-state index in [0.29, 0.717) is 0 Å². The molecule has 0 aromatic heterocycles. The maximum Gasteiger partial charge on any atom is 0.390 e. The Hall–Kier alpha value is -1.56. The SMILES string of the molecule is CC(CC(F)(F)F)NC1CC(=O)N(C)c2ccccc21. The quantitative estimate of drug-likeness (QED) is 0.926. The smallest absolute Gasteiger partial charge is 0.315 e. The van der Waals surface area contributed by atoms with Gasteiger partial charge < -0.3 is 10.2 Å². The number of para-hydroxylation sites is 1. The maximum absolute atomic E-state index is 12.4. The molecule has 0 saturated carbocycles. The predicted molar refractivity (Wildman–Crippen MR) is 70.5 cm³/mol. The molecule has 0 fully saturated rings. The van der Waals surface area contributed by atoms with Gasteiger partial charge in [-0.1, -0.05) is 18.2 Å². The van der Waals surface area contributed by atoms with Gasteiger partial charge in [0.2, 0.25) is 5.91 Å². The lowest BCUT2D eigenvalue weighted by Crippen LogP contribution is -2.41. The fraction of sp³-hybridized carbons (Fsp3) is 0.500. The average molecular weight is 286 g/mol. The van der Waals surface area contributed by atoms with E-state index in [4.69, 9.17) is 0 Å². The van der Waals surface area contributed by atoms with Crippen LogP contribution in [0.25, 0.3) is 0 Å². The molecule has 110 valence electrons. The van der Waals surface area contributed by atoms with Gasteiger partial charge in [-0.3, -0.25) is 4.79 Å². The molecular formula is C14H17F3N2O. The molecule has 20 heavy (non-hydrogen) atoms. The van der Waals surface area contributed by atoms with E-state index in [1.807, 2.05) is 18.2 Å². The van der Waals surface area contributed by atoms with Crippen LogP contribution in [-0.2, 0) is 4.79 Å². The average Bonchev–Trinajstić information content (AvgIpc) is 2.33. The van der Waals surface area contributed by atoms with Crippen LogP contribution in [0.5, 0.6) is 0 Å². The van der Waals surface area contributed by atoms with Crippen LogP contribution in [0.4, 0.5) is 18.9 Å². The molecular weight excluding hydrogens is 269 g/mol. The van der Waals surface area contributed by atoms with Crippen LogP contribution in [-0.4, -0.2) is 25.2 Å². The molecule has 1 heterocycles. The minimum Gasteiger partial charge on any atom is -0.315 e. The molecule has 1 aliphatic heterocycles. The highest BCUT2D eigenvalue weighted by atomic mass is 19.4. The molecule has 1 amide bonds. The van der Waals surface area contributed by atoms with Crippen LogP contribution in [0.15, 0.2) is 24.3 Å². The Morgan fingerprint density at radius 1 is 1.40 bits per heavy atom. The number of rotatable bonds is 3. The third kappa shape index (κ3) is 3.30. The van der Waals surface area contributed by atoms with Crippen molar-refractivity contribution < 1.29 is 18.0 Å². The van der Waals surface area contributed by atoms with Crippen molar-refractivity contribution in [3.63, 3.8) is 0 Å². The van der Waals surface area contributed by atoms with Crippen molar-refractivity contribution in [2.24, 2.45) is 0 Å². The Bertz CT molecular complexity index is 501. The van der Waals surface area contributed by atoms with Crippen molar-refractivity contribution in [2.45, 2.75) is 38.0 Å². The number of carbonyl (C=O) groups is 1. The summed E-state index contributed by atoms with van der Waals surface area (Å²) >= 11 is 0. The van der Waals surface area contributed by atoms with E-state index in [1.165, 1.54) is 6.92 Å². The zero-order valence-corrected chi connectivity index (χ0v) is 11.4. The van der Waals surface area contributed by atoms with Crippen LogP contribution in [0.3, 0.4) is 0 Å². The summed E-state index contributed by atoms with van der Waals surface area (Å²) in [5.41, 5.74) is 1.61. The van der Waals surface area contributed by atoms with E-state index in [1.54, 1.807) is 18.0 Å². The Kier molecular flexibility index (Phi) is 4.04. The van der Waals surface area contributed by atoms with Gasteiger partial charge in [0.25, 0.3) is 0 Å². The number of nitrogens with zero attached hydrogens (tertiary/aromatic N) is 1. The normalized spacial score (nSPS) is 20.8. The van der Waals surface area contributed by atoms with Crippen LogP contribution in [0, 0.1) is 0 Å². The minimum atomic E-state index is -4.21. The Balaban J connectivity index is 2.17. The monoisotopic (exact) mass is 286 g/mol. The van der Waals surface area contributed by atoms with E-state index >= 15 is 0 Å². The lowest BCUT2D eigenvalue weighted by molar-refractivity contribution is -0.139. The topological polar surface area (TPSA) is 32.3 Å². The van der Waals surface area contributed by atoms with Gasteiger partial charge in [-0.05, 0) is 18.6 Å². The number of carbonyl (C=O) groups excluding carboxylic acids is 1. The van der Waals surface area contributed by atoms with Gasteiger partial charge in [-0.15, -0.1) is 0 Å². The molecule has 0 radical (unpaired) electrons. The van der Waals surface area contributed by atoms with Crippen molar-refractivity contribution in [3.8, 4) is 0 Å². The molecule has 0 saturated heterocycles. The second kappa shape index (κ2) is 5.44. The molecule has 6 heteroatoms. The van der Waals surface area contributed by atoms with E-state index < -0.39 is 18.6 Å². The first kappa shape index (κ1) is 14.8. The first-order chi connectivity index (χ1) is 9.28. The summed E-state index contributed by atoms with van der Waals surface area (Å²) in [6.45, 7) is 1.49. The lowest BCUT2D eigenvalue weighted by Gasteiger charge is -2.33. The first-order valence-electron chi connectivity index (χ1n) is 6.46. The zero-order chi connectivity index (χ0) is 14.9. The summed E-state index contributed by atoms with van der Waals surface area (Å²) in [6.07, 6.45) is -4.94. The number of amides is 1. The summed E-state index contributed by atoms with van der Waals surface area (Å²) in [5, 5.41) is 2.92. The molecule has 0 spiro atoms. The molecule has 1 aromatic carbocycles. The number of halogens is 3. The van der Waals surface area contributed by atoms with E-state index in [2.05, 4.69) is 5.32 Å². The molecule has 2 atom stereocenters. The third-order valence-corrected chi connectivity index (χ3v) is 3.45. The second-order valence-electron chi connectivity index (χ2n) is 5.16. The van der Waals surface area contributed by atoms with E-state index in [0.717, 1.165) is 11.3 Å². The number of nitrogens with one attached hydrogen (secondary N) is 1. The van der Waals surface area contributed by atoms with Crippen molar-refractivity contribution >= 4 is 11.6 Å². The fourth-order valence-electron chi connectivity index (χ4n) is 2.54. The van der Waals surface area contributed by atoms with Crippen LogP contribution in [0.2, 0.25) is 0 Å². The minimum absolute atomic E-state index is 0.0968. The van der Waals surface area contributed by atoms with Gasteiger partial charge in [-0.25, -0.2) is 0 Å². The van der Waals surface area contributed by atoms with Crippen molar-refractivity contribution in [1.82, 2.24) is 5.32 Å². The summed E-state index contributed by atoms with van der Waals surface area (Å²) < 4.78 is 37.1. The number of hydrogen-bond donors (Lipinski definition) is 1. The summed E-state index contributed by atoms with van der Waals surface area (Å²) in [5.74, 6) is -0.0968. The van der Waals surface area contributed by atoms with Crippen LogP contribution in [0.1, 0.15) is 31.4 Å². The van der Waals surface area contributed by atoms with Gasteiger partial charge in [-0.2, -0.15) is 13.2 Å². The Morgan fingerprint density at radius 2 is 2.05 bits per heavy atom. The highest BCUT2D eigenvalue weighted by Crippen LogP contribution is 2.34. The number of benzene rings is 1. The summed E-state index contributed by atoms with van der Waals surface area (Å²) in [6, 6.07) is 6.18. The standard InChI is InChI=1S/C14H17F3N2O/c1-9(8-14(15,16)17)18-11-7-13(20)19(2)12-6-4-3-5-10(11)12/h3-6,9,11,18H,7-8H2,1-2H3. The molecule has 1 aliphatic rings. The van der Waals surface area contributed by atoms with Crippen molar-refractivity contribution in [1.29, 1.82) is 0 Å². The van der Waals surface area contributed by atoms with Crippen LogP contribution >= 0.6 is 0 Å². The molecule has 2 rings (SSSR count).